The number of hydrogen-bond donors (Lipinski definition) is 0. The number of anilines is 1. The Bertz CT molecular complexity index is 577. The van der Waals surface area contributed by atoms with Crippen LogP contribution in [0.2, 0.25) is 0 Å². The number of aromatic nitrogens is 2. The molecule has 2 aromatic heterocycles. The van der Waals surface area contributed by atoms with Gasteiger partial charge >= 0.3 is 0 Å². The molecule has 0 spiro atoms. The Hall–Kier alpha value is -0.870. The van der Waals surface area contributed by atoms with E-state index in [1.165, 1.54) is 10.4 Å². The molecule has 0 N–H and O–H groups in total. The second-order valence-electron chi connectivity index (χ2n) is 5.17. The smallest absolute Gasteiger partial charge is 0.141 e. The molecule has 98 valence electrons. The maximum absolute atomic E-state index is 6.05. The van der Waals surface area contributed by atoms with E-state index in [0.717, 1.165) is 16.0 Å². The van der Waals surface area contributed by atoms with Crippen LogP contribution in [0.15, 0.2) is 6.33 Å². The van der Waals surface area contributed by atoms with Crippen molar-refractivity contribution in [2.75, 3.05) is 17.8 Å². The fourth-order valence-electron chi connectivity index (χ4n) is 1.79. The predicted octanol–water partition coefficient (Wildman–Crippen LogP) is 3.76. The molecule has 0 amide bonds. The molecule has 0 saturated carbocycles. The number of aryl methyl sites for hydroxylation is 2. The zero-order valence-corrected chi connectivity index (χ0v) is 13.0. The topological polar surface area (TPSA) is 29.0 Å². The maximum atomic E-state index is 6.05. The Morgan fingerprint density at radius 3 is 2.61 bits per heavy atom. The number of nitrogens with zero attached hydrogens (tertiary/aromatic N) is 3. The highest BCUT2D eigenvalue weighted by molar-refractivity contribution is 7.18. The summed E-state index contributed by atoms with van der Waals surface area (Å²) in [7, 11) is 2.04. The van der Waals surface area contributed by atoms with Crippen molar-refractivity contribution in [1.82, 2.24) is 9.97 Å². The summed E-state index contributed by atoms with van der Waals surface area (Å²) in [6.07, 6.45) is 1.63. The minimum Gasteiger partial charge on any atom is -0.353 e. The molecule has 2 aromatic rings. The standard InChI is InChI=1S/C13H18ClN3S/c1-8-9(2)18-12-10(8)11(15-7-16-12)17(5)13(3,4)6-14/h7H,6H2,1-5H3. The van der Waals surface area contributed by atoms with Crippen molar-refractivity contribution in [3.05, 3.63) is 16.8 Å². The molecule has 0 aliphatic carbocycles. The van der Waals surface area contributed by atoms with E-state index >= 15 is 0 Å². The molecule has 0 aromatic carbocycles. The lowest BCUT2D eigenvalue weighted by Gasteiger charge is -2.35. The summed E-state index contributed by atoms with van der Waals surface area (Å²) in [5.41, 5.74) is 1.13. The lowest BCUT2D eigenvalue weighted by molar-refractivity contribution is 0.541. The summed E-state index contributed by atoms with van der Waals surface area (Å²) < 4.78 is 0. The third-order valence-corrected chi connectivity index (χ3v) is 5.27. The monoisotopic (exact) mass is 283 g/mol. The minimum atomic E-state index is -0.134. The van der Waals surface area contributed by atoms with Crippen molar-refractivity contribution in [3.63, 3.8) is 0 Å². The molecule has 5 heteroatoms. The number of thiophene rings is 1. The first-order chi connectivity index (χ1) is 8.38. The van der Waals surface area contributed by atoms with Crippen molar-refractivity contribution in [2.45, 2.75) is 33.2 Å². The van der Waals surface area contributed by atoms with Gasteiger partial charge in [0.1, 0.15) is 17.0 Å². The van der Waals surface area contributed by atoms with Gasteiger partial charge in [-0.1, -0.05) is 0 Å². The molecule has 3 nitrogen and oxygen atoms in total. The quantitative estimate of drug-likeness (QED) is 0.803. The molecule has 0 fully saturated rings. The van der Waals surface area contributed by atoms with Crippen molar-refractivity contribution in [3.8, 4) is 0 Å². The fourth-order valence-corrected chi connectivity index (χ4v) is 2.97. The van der Waals surface area contributed by atoms with Crippen LogP contribution in [0, 0.1) is 13.8 Å². The summed E-state index contributed by atoms with van der Waals surface area (Å²) >= 11 is 7.77. The third kappa shape index (κ3) is 2.08. The summed E-state index contributed by atoms with van der Waals surface area (Å²) in [4.78, 5) is 13.3. The van der Waals surface area contributed by atoms with Crippen molar-refractivity contribution < 1.29 is 0 Å². The van der Waals surface area contributed by atoms with Crippen molar-refractivity contribution in [2.24, 2.45) is 0 Å². The molecule has 2 heterocycles. The molecule has 0 bridgehead atoms. The Kier molecular flexibility index (Phi) is 3.52. The number of alkyl halides is 1. The number of rotatable bonds is 3. The minimum absolute atomic E-state index is 0.134. The van der Waals surface area contributed by atoms with Gasteiger partial charge in [-0.25, -0.2) is 9.97 Å². The zero-order valence-electron chi connectivity index (χ0n) is 11.4. The SMILES string of the molecule is Cc1sc2ncnc(N(C)C(C)(C)CCl)c2c1C. The Morgan fingerprint density at radius 2 is 2.00 bits per heavy atom. The van der Waals surface area contributed by atoms with Crippen LogP contribution in [-0.4, -0.2) is 28.4 Å². The highest BCUT2D eigenvalue weighted by atomic mass is 35.5. The van der Waals surface area contributed by atoms with E-state index in [4.69, 9.17) is 11.6 Å². The van der Waals surface area contributed by atoms with E-state index in [1.54, 1.807) is 17.7 Å². The molecular formula is C13H18ClN3S. The van der Waals surface area contributed by atoms with Crippen LogP contribution in [0.3, 0.4) is 0 Å². The van der Waals surface area contributed by atoms with Crippen LogP contribution in [0.1, 0.15) is 24.3 Å². The highest BCUT2D eigenvalue weighted by Gasteiger charge is 2.26. The van der Waals surface area contributed by atoms with Crippen LogP contribution in [0.25, 0.3) is 10.2 Å². The van der Waals surface area contributed by atoms with Gasteiger partial charge in [0, 0.05) is 23.3 Å². The molecule has 2 rings (SSSR count). The van der Waals surface area contributed by atoms with Gasteiger partial charge < -0.3 is 4.90 Å². The van der Waals surface area contributed by atoms with Gasteiger partial charge in [0.15, 0.2) is 0 Å². The summed E-state index contributed by atoms with van der Waals surface area (Å²) in [6, 6.07) is 0. The lowest BCUT2D eigenvalue weighted by atomic mass is 10.1. The number of hydrogen-bond acceptors (Lipinski definition) is 4. The van der Waals surface area contributed by atoms with Gasteiger partial charge in [0.25, 0.3) is 0 Å². The second-order valence-corrected chi connectivity index (χ2v) is 6.64. The predicted molar refractivity (Wildman–Crippen MR) is 80.1 cm³/mol. The number of fused-ring (bicyclic) bond motifs is 1. The molecule has 0 aliphatic rings. The van der Waals surface area contributed by atoms with Gasteiger partial charge in [-0.05, 0) is 33.3 Å². The molecule has 0 aliphatic heterocycles. The zero-order chi connectivity index (χ0) is 13.5. The average molecular weight is 284 g/mol. The van der Waals surface area contributed by atoms with E-state index in [-0.39, 0.29) is 5.54 Å². The van der Waals surface area contributed by atoms with Crippen LogP contribution in [-0.2, 0) is 0 Å². The Balaban J connectivity index is 2.65. The van der Waals surface area contributed by atoms with Gasteiger partial charge in [-0.3, -0.25) is 0 Å². The van der Waals surface area contributed by atoms with Gasteiger partial charge in [-0.15, -0.1) is 22.9 Å². The van der Waals surface area contributed by atoms with Gasteiger partial charge in [0.2, 0.25) is 0 Å². The Morgan fingerprint density at radius 1 is 1.33 bits per heavy atom. The molecule has 18 heavy (non-hydrogen) atoms. The average Bonchev–Trinajstić information content (AvgIpc) is 2.64. The molecule has 0 unspecified atom stereocenters. The van der Waals surface area contributed by atoms with E-state index in [9.17, 15) is 0 Å². The first kappa shape index (κ1) is 13.6. The molecule has 0 atom stereocenters. The van der Waals surface area contributed by atoms with Crippen LogP contribution in [0.5, 0.6) is 0 Å². The van der Waals surface area contributed by atoms with Gasteiger partial charge in [-0.2, -0.15) is 0 Å². The highest BCUT2D eigenvalue weighted by Crippen LogP contribution is 2.35. The molecule has 0 saturated heterocycles. The van der Waals surface area contributed by atoms with Gasteiger partial charge in [0.05, 0.1) is 5.39 Å². The van der Waals surface area contributed by atoms with E-state index in [0.29, 0.717) is 5.88 Å². The van der Waals surface area contributed by atoms with E-state index in [1.807, 2.05) is 7.05 Å². The molecular weight excluding hydrogens is 266 g/mol. The van der Waals surface area contributed by atoms with Crippen molar-refractivity contribution >= 4 is 39.0 Å². The van der Waals surface area contributed by atoms with E-state index < -0.39 is 0 Å². The van der Waals surface area contributed by atoms with E-state index in [2.05, 4.69) is 42.6 Å². The fraction of sp³-hybridized carbons (Fsp3) is 0.538. The summed E-state index contributed by atoms with van der Waals surface area (Å²) in [5, 5.41) is 1.15. The van der Waals surface area contributed by atoms with Crippen molar-refractivity contribution in [1.29, 1.82) is 0 Å². The normalized spacial score (nSPS) is 12.1. The van der Waals surface area contributed by atoms with Crippen LogP contribution < -0.4 is 4.90 Å². The van der Waals surface area contributed by atoms with Crippen LogP contribution in [0.4, 0.5) is 5.82 Å². The second kappa shape index (κ2) is 4.67. The molecule has 0 radical (unpaired) electrons. The largest absolute Gasteiger partial charge is 0.353 e. The lowest BCUT2D eigenvalue weighted by Crippen LogP contribution is -2.43. The first-order valence-electron chi connectivity index (χ1n) is 5.89. The first-order valence-corrected chi connectivity index (χ1v) is 7.24. The Labute approximate surface area is 117 Å². The number of halogens is 1. The third-order valence-electron chi connectivity index (χ3n) is 3.50. The summed E-state index contributed by atoms with van der Waals surface area (Å²) in [5.74, 6) is 1.52. The van der Waals surface area contributed by atoms with Crippen LogP contribution >= 0.6 is 22.9 Å². The summed E-state index contributed by atoms with van der Waals surface area (Å²) in [6.45, 7) is 8.48. The maximum Gasteiger partial charge on any atom is 0.141 e.